The summed E-state index contributed by atoms with van der Waals surface area (Å²) in [4.78, 5) is 37.1. The lowest BCUT2D eigenvalue weighted by molar-refractivity contribution is -0.142. The number of hydrogen-bond donors (Lipinski definition) is 2. The third kappa shape index (κ3) is 5.47. The smallest absolute Gasteiger partial charge is 0.325 e. The quantitative estimate of drug-likeness (QED) is 0.726. The molecule has 1 heterocycles. The fourth-order valence-electron chi connectivity index (χ4n) is 2.92. The molecular weight excluding hydrogens is 391 g/mol. The van der Waals surface area contributed by atoms with Crippen LogP contribution in [0.3, 0.4) is 0 Å². The maximum atomic E-state index is 12.5. The van der Waals surface area contributed by atoms with Crippen LogP contribution in [-0.4, -0.2) is 46.9 Å². The Kier molecular flexibility index (Phi) is 7.27. The summed E-state index contributed by atoms with van der Waals surface area (Å²) in [5.74, 6) is -1.80. The Balaban J connectivity index is 1.95. The zero-order valence-electron chi connectivity index (χ0n) is 15.2. The van der Waals surface area contributed by atoms with Crippen molar-refractivity contribution >= 4 is 46.6 Å². The number of rotatable bonds is 5. The van der Waals surface area contributed by atoms with Crippen molar-refractivity contribution in [1.82, 2.24) is 10.2 Å². The third-order valence-corrected chi connectivity index (χ3v) is 5.44. The van der Waals surface area contributed by atoms with E-state index in [2.05, 4.69) is 5.32 Å². The molecule has 2 N–H and O–H groups in total. The minimum absolute atomic E-state index is 0.152. The average molecular weight is 413 g/mol. The number of allylic oxidation sites excluding steroid dienone is 1. The molecule has 1 aromatic carbocycles. The molecule has 8 heteroatoms. The molecule has 0 saturated carbocycles. The summed E-state index contributed by atoms with van der Waals surface area (Å²) < 4.78 is 0. The Labute approximate surface area is 168 Å². The molecule has 0 aliphatic carbocycles. The lowest BCUT2D eigenvalue weighted by atomic mass is 9.95. The van der Waals surface area contributed by atoms with Crippen LogP contribution in [0.5, 0.6) is 0 Å². The maximum Gasteiger partial charge on any atom is 0.325 e. The van der Waals surface area contributed by atoms with Crippen LogP contribution in [0.1, 0.15) is 32.3 Å². The van der Waals surface area contributed by atoms with Gasteiger partial charge in [0.25, 0.3) is 0 Å². The number of carboxylic acids is 1. The number of halogens is 2. The van der Waals surface area contributed by atoms with Gasteiger partial charge in [-0.05, 0) is 43.9 Å². The summed E-state index contributed by atoms with van der Waals surface area (Å²) in [5.41, 5.74) is 1.41. The van der Waals surface area contributed by atoms with Gasteiger partial charge in [0.15, 0.2) is 0 Å². The number of hydrogen-bond acceptors (Lipinski definition) is 3. The SMILES string of the molecule is CC(=CC(=O)N1CCC(C(=O)NC(C)C(=O)O)CC1)c1cccc(Cl)c1Cl. The Morgan fingerprint density at radius 3 is 2.48 bits per heavy atom. The second-order valence-corrected chi connectivity index (χ2v) is 7.38. The summed E-state index contributed by atoms with van der Waals surface area (Å²) in [5, 5.41) is 12.2. The van der Waals surface area contributed by atoms with Crippen LogP contribution in [0, 0.1) is 5.92 Å². The van der Waals surface area contributed by atoms with Crippen LogP contribution in [0.2, 0.25) is 10.0 Å². The second-order valence-electron chi connectivity index (χ2n) is 6.60. The highest BCUT2D eigenvalue weighted by atomic mass is 35.5. The fourth-order valence-corrected chi connectivity index (χ4v) is 3.37. The monoisotopic (exact) mass is 412 g/mol. The molecule has 1 saturated heterocycles. The highest BCUT2D eigenvalue weighted by Gasteiger charge is 2.28. The molecule has 0 aromatic heterocycles. The number of carboxylic acid groups (broad SMARTS) is 1. The number of nitrogens with one attached hydrogen (secondary N) is 1. The van der Waals surface area contributed by atoms with Crippen molar-refractivity contribution < 1.29 is 19.5 Å². The highest BCUT2D eigenvalue weighted by Crippen LogP contribution is 2.30. The van der Waals surface area contributed by atoms with E-state index in [0.29, 0.717) is 47.1 Å². The minimum Gasteiger partial charge on any atom is -0.480 e. The van der Waals surface area contributed by atoms with Gasteiger partial charge in [-0.2, -0.15) is 0 Å². The Bertz CT molecular complexity index is 771. The minimum atomic E-state index is -1.07. The van der Waals surface area contributed by atoms with Crippen molar-refractivity contribution in [2.45, 2.75) is 32.7 Å². The number of carbonyl (C=O) groups is 3. The first-order valence-electron chi connectivity index (χ1n) is 8.65. The van der Waals surface area contributed by atoms with E-state index in [1.807, 2.05) is 0 Å². The molecule has 1 atom stereocenters. The fraction of sp³-hybridized carbons (Fsp3) is 0.421. The molecule has 0 bridgehead atoms. The number of nitrogens with zero attached hydrogens (tertiary/aromatic N) is 1. The van der Waals surface area contributed by atoms with Gasteiger partial charge in [0.05, 0.1) is 10.0 Å². The molecule has 1 unspecified atom stereocenters. The standard InChI is InChI=1S/C19H22Cl2N2O4/c1-11(14-4-3-5-15(20)17(14)21)10-16(24)23-8-6-13(7-9-23)18(25)22-12(2)19(26)27/h3-5,10,12-13H,6-9H2,1-2H3,(H,22,25)(H,26,27). The first-order valence-corrected chi connectivity index (χ1v) is 9.41. The number of benzene rings is 1. The summed E-state index contributed by atoms with van der Waals surface area (Å²) in [7, 11) is 0. The summed E-state index contributed by atoms with van der Waals surface area (Å²) in [6.07, 6.45) is 2.51. The zero-order chi connectivity index (χ0) is 20.1. The van der Waals surface area contributed by atoms with E-state index in [4.69, 9.17) is 28.3 Å². The molecule has 1 aliphatic heterocycles. The first kappa shape index (κ1) is 21.3. The molecule has 6 nitrogen and oxygen atoms in total. The van der Waals surface area contributed by atoms with Crippen molar-refractivity contribution in [3.63, 3.8) is 0 Å². The summed E-state index contributed by atoms with van der Waals surface area (Å²) in [6, 6.07) is 4.33. The number of aliphatic carboxylic acids is 1. The lowest BCUT2D eigenvalue weighted by Gasteiger charge is -2.31. The number of amides is 2. The van der Waals surface area contributed by atoms with Crippen LogP contribution in [0.4, 0.5) is 0 Å². The summed E-state index contributed by atoms with van der Waals surface area (Å²) >= 11 is 12.2. The van der Waals surface area contributed by atoms with Crippen LogP contribution >= 0.6 is 23.2 Å². The van der Waals surface area contributed by atoms with Gasteiger partial charge in [0, 0.05) is 25.1 Å². The van der Waals surface area contributed by atoms with Gasteiger partial charge in [-0.25, -0.2) is 0 Å². The molecule has 0 radical (unpaired) electrons. The molecule has 2 rings (SSSR count). The van der Waals surface area contributed by atoms with Gasteiger partial charge in [-0.3, -0.25) is 14.4 Å². The normalized spacial score (nSPS) is 16.7. The number of carbonyl (C=O) groups excluding carboxylic acids is 2. The van der Waals surface area contributed by atoms with E-state index in [1.165, 1.54) is 13.0 Å². The van der Waals surface area contributed by atoms with E-state index in [1.54, 1.807) is 30.0 Å². The molecule has 146 valence electrons. The molecule has 0 spiro atoms. The second kappa shape index (κ2) is 9.24. The zero-order valence-corrected chi connectivity index (χ0v) is 16.7. The van der Waals surface area contributed by atoms with E-state index in [-0.39, 0.29) is 17.7 Å². The Hall–Kier alpha value is -2.05. The van der Waals surface area contributed by atoms with Crippen molar-refractivity contribution in [3.8, 4) is 0 Å². The van der Waals surface area contributed by atoms with Crippen LogP contribution in [0.25, 0.3) is 5.57 Å². The number of likely N-dealkylation sites (tertiary alicyclic amines) is 1. The van der Waals surface area contributed by atoms with Crippen molar-refractivity contribution in [1.29, 1.82) is 0 Å². The molecule has 27 heavy (non-hydrogen) atoms. The molecular formula is C19H22Cl2N2O4. The van der Waals surface area contributed by atoms with E-state index in [9.17, 15) is 14.4 Å². The third-order valence-electron chi connectivity index (χ3n) is 4.62. The first-order chi connectivity index (χ1) is 12.7. The van der Waals surface area contributed by atoms with Gasteiger partial charge >= 0.3 is 5.97 Å². The predicted molar refractivity (Wildman–Crippen MR) is 105 cm³/mol. The van der Waals surface area contributed by atoms with E-state index < -0.39 is 12.0 Å². The van der Waals surface area contributed by atoms with Crippen molar-refractivity contribution in [3.05, 3.63) is 39.9 Å². The molecule has 1 aliphatic rings. The van der Waals surface area contributed by atoms with E-state index >= 15 is 0 Å². The van der Waals surface area contributed by atoms with Gasteiger partial charge in [-0.15, -0.1) is 0 Å². The van der Waals surface area contributed by atoms with Gasteiger partial charge < -0.3 is 15.3 Å². The van der Waals surface area contributed by atoms with Gasteiger partial charge in [0.2, 0.25) is 11.8 Å². The molecule has 1 fully saturated rings. The topological polar surface area (TPSA) is 86.7 Å². The number of piperidine rings is 1. The maximum absolute atomic E-state index is 12.5. The largest absolute Gasteiger partial charge is 0.480 e. The van der Waals surface area contributed by atoms with Crippen LogP contribution in [-0.2, 0) is 14.4 Å². The van der Waals surface area contributed by atoms with Crippen LogP contribution < -0.4 is 5.32 Å². The highest BCUT2D eigenvalue weighted by molar-refractivity contribution is 6.43. The van der Waals surface area contributed by atoms with Crippen molar-refractivity contribution in [2.24, 2.45) is 5.92 Å². The Morgan fingerprint density at radius 2 is 1.89 bits per heavy atom. The summed E-state index contributed by atoms with van der Waals surface area (Å²) in [6.45, 7) is 4.09. The molecule has 1 aromatic rings. The van der Waals surface area contributed by atoms with Gasteiger partial charge in [-0.1, -0.05) is 35.3 Å². The average Bonchev–Trinajstić information content (AvgIpc) is 2.63. The van der Waals surface area contributed by atoms with Crippen LogP contribution in [0.15, 0.2) is 24.3 Å². The Morgan fingerprint density at radius 1 is 1.26 bits per heavy atom. The van der Waals surface area contributed by atoms with E-state index in [0.717, 1.165) is 0 Å². The predicted octanol–water partition coefficient (Wildman–Crippen LogP) is 3.22. The lowest BCUT2D eigenvalue weighted by Crippen LogP contribution is -2.46. The molecule has 2 amide bonds. The van der Waals surface area contributed by atoms with Crippen molar-refractivity contribution in [2.75, 3.05) is 13.1 Å². The van der Waals surface area contributed by atoms with Gasteiger partial charge in [0.1, 0.15) is 6.04 Å².